The van der Waals surface area contributed by atoms with Gasteiger partial charge in [0.15, 0.2) is 0 Å². The van der Waals surface area contributed by atoms with Crippen molar-refractivity contribution in [3.8, 4) is 11.5 Å². The van der Waals surface area contributed by atoms with Crippen LogP contribution >= 0.6 is 0 Å². The number of non-ortho nitro benzene ring substituents is 1. The number of nitrogens with zero attached hydrogens (tertiary/aromatic N) is 2. The monoisotopic (exact) mass is 385 g/mol. The van der Waals surface area contributed by atoms with E-state index in [1.54, 1.807) is 30.2 Å². The lowest BCUT2D eigenvalue weighted by atomic mass is 10.0. The lowest BCUT2D eigenvalue weighted by Gasteiger charge is -2.33. The fourth-order valence-corrected chi connectivity index (χ4v) is 3.36. The second-order valence-electron chi connectivity index (χ2n) is 6.55. The molecule has 1 fully saturated rings. The van der Waals surface area contributed by atoms with Crippen molar-refractivity contribution >= 4 is 17.3 Å². The Hall–Kier alpha value is -3.29. The van der Waals surface area contributed by atoms with E-state index in [0.29, 0.717) is 35.8 Å². The van der Waals surface area contributed by atoms with Crippen LogP contribution in [-0.2, 0) is 0 Å². The second kappa shape index (κ2) is 8.60. The molecule has 8 nitrogen and oxygen atoms in total. The maximum atomic E-state index is 12.8. The van der Waals surface area contributed by atoms with Crippen molar-refractivity contribution in [3.05, 3.63) is 58.1 Å². The predicted molar refractivity (Wildman–Crippen MR) is 105 cm³/mol. The SMILES string of the molecule is COc1ccc([N+](=O)[O-])cc1NC1CCN(C(=O)c2ccccc2OC)CC1. The summed E-state index contributed by atoms with van der Waals surface area (Å²) in [6.07, 6.45) is 1.46. The minimum atomic E-state index is -0.431. The minimum Gasteiger partial charge on any atom is -0.496 e. The molecule has 2 aromatic rings. The van der Waals surface area contributed by atoms with Gasteiger partial charge < -0.3 is 19.7 Å². The van der Waals surface area contributed by atoms with Gasteiger partial charge in [0.1, 0.15) is 11.5 Å². The van der Waals surface area contributed by atoms with Gasteiger partial charge in [-0.2, -0.15) is 0 Å². The zero-order valence-electron chi connectivity index (χ0n) is 15.9. The van der Waals surface area contributed by atoms with Crippen molar-refractivity contribution in [1.82, 2.24) is 4.90 Å². The van der Waals surface area contributed by atoms with Gasteiger partial charge in [-0.15, -0.1) is 0 Å². The molecule has 2 aromatic carbocycles. The molecule has 1 N–H and O–H groups in total. The second-order valence-corrected chi connectivity index (χ2v) is 6.55. The average Bonchev–Trinajstić information content (AvgIpc) is 2.73. The number of nitrogens with one attached hydrogen (secondary N) is 1. The molecule has 1 aliphatic rings. The number of likely N-dealkylation sites (tertiary alicyclic amines) is 1. The maximum Gasteiger partial charge on any atom is 0.271 e. The molecule has 8 heteroatoms. The highest BCUT2D eigenvalue weighted by molar-refractivity contribution is 5.97. The Balaban J connectivity index is 1.65. The van der Waals surface area contributed by atoms with E-state index in [1.807, 2.05) is 12.1 Å². The molecule has 28 heavy (non-hydrogen) atoms. The summed E-state index contributed by atoms with van der Waals surface area (Å²) in [4.78, 5) is 25.2. The summed E-state index contributed by atoms with van der Waals surface area (Å²) in [5.41, 5.74) is 1.15. The van der Waals surface area contributed by atoms with Crippen molar-refractivity contribution in [3.63, 3.8) is 0 Å². The normalized spacial score (nSPS) is 14.4. The lowest BCUT2D eigenvalue weighted by Crippen LogP contribution is -2.42. The van der Waals surface area contributed by atoms with Crippen LogP contribution < -0.4 is 14.8 Å². The van der Waals surface area contributed by atoms with Crippen LogP contribution in [0.2, 0.25) is 0 Å². The molecule has 1 amide bonds. The summed E-state index contributed by atoms with van der Waals surface area (Å²) in [6.45, 7) is 1.18. The van der Waals surface area contributed by atoms with Crippen LogP contribution in [0.3, 0.4) is 0 Å². The first-order chi connectivity index (χ1) is 13.5. The Morgan fingerprint density at radius 2 is 1.79 bits per heavy atom. The third kappa shape index (κ3) is 4.16. The smallest absolute Gasteiger partial charge is 0.271 e. The number of hydrogen-bond donors (Lipinski definition) is 1. The molecule has 0 saturated carbocycles. The standard InChI is InChI=1S/C20H23N3O5/c1-27-18-6-4-3-5-16(18)20(24)22-11-9-14(10-12-22)21-17-13-15(23(25)26)7-8-19(17)28-2/h3-8,13-14,21H,9-12H2,1-2H3. The van der Waals surface area contributed by atoms with E-state index in [4.69, 9.17) is 9.47 Å². The van der Waals surface area contributed by atoms with Crippen molar-refractivity contribution < 1.29 is 19.2 Å². The number of amides is 1. The van der Waals surface area contributed by atoms with Crippen LogP contribution in [0.25, 0.3) is 0 Å². The van der Waals surface area contributed by atoms with E-state index in [-0.39, 0.29) is 17.6 Å². The predicted octanol–water partition coefficient (Wildman–Crippen LogP) is 3.33. The highest BCUT2D eigenvalue weighted by Crippen LogP contribution is 2.31. The van der Waals surface area contributed by atoms with E-state index in [9.17, 15) is 14.9 Å². The fraction of sp³-hybridized carbons (Fsp3) is 0.350. The zero-order chi connectivity index (χ0) is 20.1. The number of nitro groups is 1. The first-order valence-corrected chi connectivity index (χ1v) is 9.04. The van der Waals surface area contributed by atoms with Gasteiger partial charge in [-0.3, -0.25) is 14.9 Å². The van der Waals surface area contributed by atoms with Gasteiger partial charge in [0.05, 0.1) is 30.4 Å². The maximum absolute atomic E-state index is 12.8. The van der Waals surface area contributed by atoms with Crippen molar-refractivity contribution in [2.45, 2.75) is 18.9 Å². The summed E-state index contributed by atoms with van der Waals surface area (Å²) >= 11 is 0. The summed E-state index contributed by atoms with van der Waals surface area (Å²) in [5.74, 6) is 1.07. The van der Waals surface area contributed by atoms with Crippen LogP contribution in [-0.4, -0.2) is 49.1 Å². The first-order valence-electron chi connectivity index (χ1n) is 9.04. The third-order valence-electron chi connectivity index (χ3n) is 4.87. The zero-order valence-corrected chi connectivity index (χ0v) is 15.9. The largest absolute Gasteiger partial charge is 0.496 e. The van der Waals surface area contributed by atoms with E-state index >= 15 is 0 Å². The number of carbonyl (C=O) groups excluding carboxylic acids is 1. The van der Waals surface area contributed by atoms with Gasteiger partial charge in [-0.1, -0.05) is 12.1 Å². The minimum absolute atomic E-state index is 0.00656. The van der Waals surface area contributed by atoms with Crippen LogP contribution in [0.15, 0.2) is 42.5 Å². The molecular formula is C20H23N3O5. The van der Waals surface area contributed by atoms with E-state index in [1.165, 1.54) is 19.2 Å². The number of rotatable bonds is 6. The Bertz CT molecular complexity index is 863. The van der Waals surface area contributed by atoms with E-state index in [2.05, 4.69) is 5.32 Å². The topological polar surface area (TPSA) is 93.9 Å². The van der Waals surface area contributed by atoms with Gasteiger partial charge in [0.2, 0.25) is 0 Å². The molecule has 0 atom stereocenters. The van der Waals surface area contributed by atoms with Crippen LogP contribution in [0, 0.1) is 10.1 Å². The summed E-state index contributed by atoms with van der Waals surface area (Å²) < 4.78 is 10.6. The quantitative estimate of drug-likeness (QED) is 0.605. The number of para-hydroxylation sites is 1. The summed E-state index contributed by atoms with van der Waals surface area (Å²) in [5, 5.41) is 14.4. The molecule has 148 valence electrons. The Morgan fingerprint density at radius 1 is 1.11 bits per heavy atom. The Kier molecular flexibility index (Phi) is 5.98. The molecule has 0 aromatic heterocycles. The van der Waals surface area contributed by atoms with Gasteiger partial charge >= 0.3 is 0 Å². The number of ether oxygens (including phenoxy) is 2. The number of piperidine rings is 1. The molecule has 0 bridgehead atoms. The van der Waals surface area contributed by atoms with Crippen LogP contribution in [0.1, 0.15) is 23.2 Å². The Morgan fingerprint density at radius 3 is 2.43 bits per heavy atom. The average molecular weight is 385 g/mol. The van der Waals surface area contributed by atoms with E-state index in [0.717, 1.165) is 12.8 Å². The Labute approximate surface area is 163 Å². The molecule has 0 radical (unpaired) electrons. The number of methoxy groups -OCH3 is 2. The van der Waals surface area contributed by atoms with Gasteiger partial charge in [-0.25, -0.2) is 0 Å². The number of anilines is 1. The molecule has 0 aliphatic carbocycles. The molecular weight excluding hydrogens is 362 g/mol. The van der Waals surface area contributed by atoms with Gasteiger partial charge in [0.25, 0.3) is 11.6 Å². The fourth-order valence-electron chi connectivity index (χ4n) is 3.36. The number of nitro benzene ring substituents is 1. The first kappa shape index (κ1) is 19.5. The molecule has 1 saturated heterocycles. The van der Waals surface area contributed by atoms with Crippen molar-refractivity contribution in [2.24, 2.45) is 0 Å². The van der Waals surface area contributed by atoms with Crippen LogP contribution in [0.5, 0.6) is 11.5 Å². The number of hydrogen-bond acceptors (Lipinski definition) is 6. The third-order valence-corrected chi connectivity index (χ3v) is 4.87. The summed E-state index contributed by atoms with van der Waals surface area (Å²) in [6, 6.07) is 11.8. The molecule has 0 spiro atoms. The number of carbonyl (C=O) groups is 1. The highest BCUT2D eigenvalue weighted by Gasteiger charge is 2.26. The highest BCUT2D eigenvalue weighted by atomic mass is 16.6. The summed E-state index contributed by atoms with van der Waals surface area (Å²) in [7, 11) is 3.08. The van der Waals surface area contributed by atoms with Crippen LogP contribution in [0.4, 0.5) is 11.4 Å². The van der Waals surface area contributed by atoms with E-state index < -0.39 is 4.92 Å². The van der Waals surface area contributed by atoms with Gasteiger partial charge in [-0.05, 0) is 31.0 Å². The van der Waals surface area contributed by atoms with Crippen molar-refractivity contribution in [1.29, 1.82) is 0 Å². The molecule has 1 aliphatic heterocycles. The lowest BCUT2D eigenvalue weighted by molar-refractivity contribution is -0.384. The molecule has 1 heterocycles. The van der Waals surface area contributed by atoms with Gasteiger partial charge in [0, 0.05) is 31.3 Å². The molecule has 0 unspecified atom stereocenters. The molecule has 3 rings (SSSR count). The number of benzene rings is 2. The van der Waals surface area contributed by atoms with Crippen molar-refractivity contribution in [2.75, 3.05) is 32.6 Å².